The predicted molar refractivity (Wildman–Crippen MR) is 107 cm³/mol. The minimum Gasteiger partial charge on any atom is -0.491 e. The molecule has 0 saturated heterocycles. The SMILES string of the molecule is O[C@H](CNCc1cccs1)COc1cccc(-c2noc3cc(F)ccc23)c1. The second kappa shape index (κ2) is 8.52. The molecule has 0 spiro atoms. The van der Waals surface area contributed by atoms with Crippen molar-refractivity contribution in [3.05, 3.63) is 70.7 Å². The van der Waals surface area contributed by atoms with Crippen LogP contribution in [-0.4, -0.2) is 29.5 Å². The molecule has 5 nitrogen and oxygen atoms in total. The van der Waals surface area contributed by atoms with Crippen LogP contribution < -0.4 is 10.1 Å². The van der Waals surface area contributed by atoms with Crippen molar-refractivity contribution in [3.63, 3.8) is 0 Å². The lowest BCUT2D eigenvalue weighted by atomic mass is 10.1. The van der Waals surface area contributed by atoms with Gasteiger partial charge >= 0.3 is 0 Å². The first-order valence-electron chi connectivity index (χ1n) is 8.88. The van der Waals surface area contributed by atoms with Gasteiger partial charge in [-0.25, -0.2) is 4.39 Å². The van der Waals surface area contributed by atoms with Crippen LogP contribution >= 0.6 is 11.3 Å². The van der Waals surface area contributed by atoms with Crippen molar-refractivity contribution < 1.29 is 18.8 Å². The lowest BCUT2D eigenvalue weighted by Gasteiger charge is -2.13. The molecular formula is C21H19FN2O3S. The van der Waals surface area contributed by atoms with Crippen LogP contribution in [0.3, 0.4) is 0 Å². The van der Waals surface area contributed by atoms with Crippen molar-refractivity contribution in [1.82, 2.24) is 10.5 Å². The Bertz CT molecular complexity index is 1050. The lowest BCUT2D eigenvalue weighted by Crippen LogP contribution is -2.30. The lowest BCUT2D eigenvalue weighted by molar-refractivity contribution is 0.106. The third-order valence-electron chi connectivity index (χ3n) is 4.24. The maximum Gasteiger partial charge on any atom is 0.170 e. The smallest absolute Gasteiger partial charge is 0.170 e. The maximum absolute atomic E-state index is 13.3. The van der Waals surface area contributed by atoms with Gasteiger partial charge in [0.15, 0.2) is 5.58 Å². The van der Waals surface area contributed by atoms with E-state index >= 15 is 0 Å². The highest BCUT2D eigenvalue weighted by atomic mass is 32.1. The van der Waals surface area contributed by atoms with Crippen molar-refractivity contribution in [2.75, 3.05) is 13.2 Å². The molecule has 4 rings (SSSR count). The summed E-state index contributed by atoms with van der Waals surface area (Å²) in [5.74, 6) is 0.252. The van der Waals surface area contributed by atoms with E-state index in [1.807, 2.05) is 41.8 Å². The summed E-state index contributed by atoms with van der Waals surface area (Å²) in [4.78, 5) is 1.22. The molecule has 2 aromatic heterocycles. The largest absolute Gasteiger partial charge is 0.491 e. The molecule has 2 heterocycles. The van der Waals surface area contributed by atoms with Crippen molar-refractivity contribution in [2.24, 2.45) is 0 Å². The Labute approximate surface area is 165 Å². The van der Waals surface area contributed by atoms with Gasteiger partial charge in [0.05, 0.1) is 0 Å². The fraction of sp³-hybridized carbons (Fsp3) is 0.190. The molecule has 7 heteroatoms. The molecule has 2 N–H and O–H groups in total. The van der Waals surface area contributed by atoms with Gasteiger partial charge in [0.1, 0.15) is 30.0 Å². The van der Waals surface area contributed by atoms with E-state index < -0.39 is 6.10 Å². The highest BCUT2D eigenvalue weighted by Crippen LogP contribution is 2.30. The molecule has 144 valence electrons. The summed E-state index contributed by atoms with van der Waals surface area (Å²) in [5.41, 5.74) is 1.82. The number of halogens is 1. The van der Waals surface area contributed by atoms with Crippen LogP contribution in [0.15, 0.2) is 64.5 Å². The van der Waals surface area contributed by atoms with E-state index in [2.05, 4.69) is 10.5 Å². The van der Waals surface area contributed by atoms with Gasteiger partial charge in [-0.3, -0.25) is 0 Å². The summed E-state index contributed by atoms with van der Waals surface area (Å²) in [5, 5.41) is 20.1. The molecule has 0 aliphatic heterocycles. The number of hydrogen-bond acceptors (Lipinski definition) is 6. The Kier molecular flexibility index (Phi) is 5.66. The Morgan fingerprint density at radius 2 is 2.11 bits per heavy atom. The van der Waals surface area contributed by atoms with Crippen LogP contribution in [0.2, 0.25) is 0 Å². The summed E-state index contributed by atoms with van der Waals surface area (Å²) in [7, 11) is 0. The molecule has 0 aliphatic carbocycles. The Hall–Kier alpha value is -2.74. The average molecular weight is 398 g/mol. The molecule has 0 aliphatic rings. The summed E-state index contributed by atoms with van der Waals surface area (Å²) in [6.45, 7) is 1.34. The van der Waals surface area contributed by atoms with Gasteiger partial charge in [0.25, 0.3) is 0 Å². The van der Waals surface area contributed by atoms with Crippen molar-refractivity contribution in [2.45, 2.75) is 12.6 Å². The monoisotopic (exact) mass is 398 g/mol. The fourth-order valence-corrected chi connectivity index (χ4v) is 3.55. The second-order valence-electron chi connectivity index (χ2n) is 6.37. The summed E-state index contributed by atoms with van der Waals surface area (Å²) in [6, 6.07) is 15.8. The highest BCUT2D eigenvalue weighted by molar-refractivity contribution is 7.09. The second-order valence-corrected chi connectivity index (χ2v) is 7.41. The minimum absolute atomic E-state index is 0.172. The van der Waals surface area contributed by atoms with E-state index in [9.17, 15) is 9.50 Å². The van der Waals surface area contributed by atoms with E-state index in [-0.39, 0.29) is 12.4 Å². The molecule has 0 fully saturated rings. The number of ether oxygens (including phenoxy) is 1. The van der Waals surface area contributed by atoms with E-state index in [1.54, 1.807) is 17.4 Å². The molecule has 4 aromatic rings. The van der Waals surface area contributed by atoms with Crippen molar-refractivity contribution in [1.29, 1.82) is 0 Å². The van der Waals surface area contributed by atoms with Crippen LogP contribution in [0, 0.1) is 5.82 Å². The molecule has 2 aromatic carbocycles. The maximum atomic E-state index is 13.3. The van der Waals surface area contributed by atoms with E-state index in [0.717, 1.165) is 17.5 Å². The van der Waals surface area contributed by atoms with Crippen LogP contribution in [-0.2, 0) is 6.54 Å². The van der Waals surface area contributed by atoms with Gasteiger partial charge in [-0.15, -0.1) is 11.3 Å². The number of benzene rings is 2. The third-order valence-corrected chi connectivity index (χ3v) is 5.12. The van der Waals surface area contributed by atoms with Crippen LogP contribution in [0.4, 0.5) is 4.39 Å². The normalized spacial score (nSPS) is 12.4. The van der Waals surface area contributed by atoms with Gasteiger partial charge in [0.2, 0.25) is 0 Å². The minimum atomic E-state index is -0.625. The first-order chi connectivity index (χ1) is 13.7. The van der Waals surface area contributed by atoms with Gasteiger partial charge in [-0.05, 0) is 35.7 Å². The summed E-state index contributed by atoms with van der Waals surface area (Å²) < 4.78 is 24.3. The zero-order chi connectivity index (χ0) is 19.3. The van der Waals surface area contributed by atoms with E-state index in [4.69, 9.17) is 9.26 Å². The number of fused-ring (bicyclic) bond motifs is 1. The van der Waals surface area contributed by atoms with Gasteiger partial charge < -0.3 is 19.7 Å². The number of nitrogens with zero attached hydrogens (tertiary/aromatic N) is 1. The number of aromatic nitrogens is 1. The highest BCUT2D eigenvalue weighted by Gasteiger charge is 2.12. The number of aliphatic hydroxyl groups is 1. The summed E-state index contributed by atoms with van der Waals surface area (Å²) >= 11 is 1.68. The molecule has 0 amide bonds. The molecule has 0 bridgehead atoms. The van der Waals surface area contributed by atoms with Gasteiger partial charge in [0, 0.05) is 35.0 Å². The molecular weight excluding hydrogens is 379 g/mol. The topological polar surface area (TPSA) is 67.5 Å². The Morgan fingerprint density at radius 3 is 2.96 bits per heavy atom. The number of rotatable bonds is 8. The molecule has 0 saturated carbocycles. The van der Waals surface area contributed by atoms with Crippen LogP contribution in [0.5, 0.6) is 5.75 Å². The van der Waals surface area contributed by atoms with Crippen molar-refractivity contribution >= 4 is 22.3 Å². The Balaban J connectivity index is 1.37. The number of nitrogens with one attached hydrogen (secondary N) is 1. The molecule has 0 radical (unpaired) electrons. The number of aliphatic hydroxyl groups excluding tert-OH is 1. The van der Waals surface area contributed by atoms with E-state index in [1.165, 1.54) is 17.0 Å². The van der Waals surface area contributed by atoms with Gasteiger partial charge in [-0.2, -0.15) is 0 Å². The standard InChI is InChI=1S/C21H19FN2O3S/c22-15-6-7-19-20(10-15)27-24-21(19)14-3-1-4-17(9-14)26-13-16(25)11-23-12-18-5-2-8-28-18/h1-10,16,23,25H,11-13H2/t16-/m1/s1. The Morgan fingerprint density at radius 1 is 1.18 bits per heavy atom. The number of thiophene rings is 1. The molecule has 1 atom stereocenters. The zero-order valence-electron chi connectivity index (χ0n) is 15.0. The predicted octanol–water partition coefficient (Wildman–Crippen LogP) is 4.22. The average Bonchev–Trinajstić information content (AvgIpc) is 3.36. The van der Waals surface area contributed by atoms with E-state index in [0.29, 0.717) is 23.6 Å². The first-order valence-corrected chi connectivity index (χ1v) is 9.76. The van der Waals surface area contributed by atoms with Crippen LogP contribution in [0.1, 0.15) is 4.88 Å². The quantitative estimate of drug-likeness (QED) is 0.465. The molecule has 28 heavy (non-hydrogen) atoms. The zero-order valence-corrected chi connectivity index (χ0v) is 15.8. The van der Waals surface area contributed by atoms with Crippen LogP contribution in [0.25, 0.3) is 22.2 Å². The number of hydrogen-bond donors (Lipinski definition) is 2. The van der Waals surface area contributed by atoms with Crippen molar-refractivity contribution in [3.8, 4) is 17.0 Å². The molecule has 0 unspecified atom stereocenters. The first kappa shape index (κ1) is 18.6. The third kappa shape index (κ3) is 4.39. The van der Waals surface area contributed by atoms with Gasteiger partial charge in [-0.1, -0.05) is 23.4 Å². The summed E-state index contributed by atoms with van der Waals surface area (Å²) in [6.07, 6.45) is -0.625. The fourth-order valence-electron chi connectivity index (χ4n) is 2.88.